The van der Waals surface area contributed by atoms with Crippen LogP contribution < -0.4 is 15.8 Å². The number of benzene rings is 2. The lowest BCUT2D eigenvalue weighted by Crippen LogP contribution is -2.20. The number of nitrogens with two attached hydrogens (primary N) is 1. The van der Waals surface area contributed by atoms with Crippen LogP contribution in [0.4, 0.5) is 15.8 Å². The molecule has 0 spiro atoms. The fraction of sp³-hybridized carbons (Fsp3) is 0.200. The van der Waals surface area contributed by atoms with E-state index in [-0.39, 0.29) is 11.9 Å². The number of anilines is 2. The second kappa shape index (κ2) is 5.47. The summed E-state index contributed by atoms with van der Waals surface area (Å²) >= 11 is 1.93. The molecule has 2 aromatic rings. The third kappa shape index (κ3) is 2.54. The van der Waals surface area contributed by atoms with E-state index in [0.29, 0.717) is 21.6 Å². The Labute approximate surface area is 130 Å². The number of nitrogens with one attached hydrogen (secondary N) is 1. The van der Waals surface area contributed by atoms with Gasteiger partial charge in [0.05, 0.1) is 27.6 Å². The first-order chi connectivity index (χ1) is 9.65. The molecule has 1 heterocycles. The fourth-order valence-corrected chi connectivity index (χ4v) is 2.86. The Balaban J connectivity index is 1.91. The molecule has 0 bridgehead atoms. The highest BCUT2D eigenvalue weighted by Gasteiger charge is 2.21. The Hall–Kier alpha value is -1.50. The first kappa shape index (κ1) is 13.5. The number of para-hydroxylation sites is 1. The smallest absolute Gasteiger partial charge is 0.138 e. The summed E-state index contributed by atoms with van der Waals surface area (Å²) in [6.45, 7) is 0.640. The molecule has 3 nitrogen and oxygen atoms in total. The minimum atomic E-state index is -0.261. The summed E-state index contributed by atoms with van der Waals surface area (Å²) in [6, 6.07) is 11.1. The Morgan fingerprint density at radius 1 is 1.30 bits per heavy atom. The van der Waals surface area contributed by atoms with Crippen LogP contribution >= 0.6 is 22.6 Å². The summed E-state index contributed by atoms with van der Waals surface area (Å²) in [6.07, 6.45) is 0.823. The fourth-order valence-electron chi connectivity index (χ4n) is 2.37. The van der Waals surface area contributed by atoms with Gasteiger partial charge in [-0.1, -0.05) is 18.2 Å². The monoisotopic (exact) mass is 384 g/mol. The maximum Gasteiger partial charge on any atom is 0.138 e. The van der Waals surface area contributed by atoms with E-state index in [9.17, 15) is 4.39 Å². The van der Waals surface area contributed by atoms with Crippen molar-refractivity contribution in [1.29, 1.82) is 0 Å². The molecule has 1 unspecified atom stereocenters. The predicted octanol–water partition coefficient (Wildman–Crippen LogP) is 3.95. The first-order valence-corrected chi connectivity index (χ1v) is 7.46. The molecule has 1 aliphatic heterocycles. The molecule has 3 rings (SSSR count). The maximum absolute atomic E-state index is 13.7. The summed E-state index contributed by atoms with van der Waals surface area (Å²) in [4.78, 5) is 0. The van der Waals surface area contributed by atoms with Crippen molar-refractivity contribution in [1.82, 2.24) is 0 Å². The molecule has 5 heteroatoms. The lowest BCUT2D eigenvalue weighted by atomic mass is 10.00. The van der Waals surface area contributed by atoms with Crippen LogP contribution in [0.2, 0.25) is 0 Å². The van der Waals surface area contributed by atoms with Crippen LogP contribution in [0.25, 0.3) is 0 Å². The Bertz CT molecular complexity index is 648. The van der Waals surface area contributed by atoms with Gasteiger partial charge in [0.2, 0.25) is 0 Å². The van der Waals surface area contributed by atoms with Gasteiger partial charge in [0, 0.05) is 18.1 Å². The summed E-state index contributed by atoms with van der Waals surface area (Å²) in [5.74, 6) is 0.614. The molecule has 0 amide bonds. The zero-order valence-electron chi connectivity index (χ0n) is 10.7. The SMILES string of the molecule is Nc1cc(I)c(F)cc1NC1CCOc2ccccc21. The van der Waals surface area contributed by atoms with E-state index >= 15 is 0 Å². The van der Waals surface area contributed by atoms with Crippen molar-refractivity contribution in [2.45, 2.75) is 12.5 Å². The maximum atomic E-state index is 13.7. The number of hydrogen-bond donors (Lipinski definition) is 2. The Morgan fingerprint density at radius 2 is 2.10 bits per heavy atom. The van der Waals surface area contributed by atoms with Gasteiger partial charge < -0.3 is 15.8 Å². The molecule has 0 fully saturated rings. The van der Waals surface area contributed by atoms with Crippen LogP contribution in [-0.2, 0) is 0 Å². The second-order valence-corrected chi connectivity index (χ2v) is 5.89. The van der Waals surface area contributed by atoms with Crippen LogP contribution in [0.3, 0.4) is 0 Å². The van der Waals surface area contributed by atoms with Crippen LogP contribution in [0.5, 0.6) is 5.75 Å². The van der Waals surface area contributed by atoms with E-state index in [1.165, 1.54) is 6.07 Å². The third-order valence-corrected chi connectivity index (χ3v) is 4.21. The van der Waals surface area contributed by atoms with E-state index in [4.69, 9.17) is 10.5 Å². The Kier molecular flexibility index (Phi) is 3.69. The van der Waals surface area contributed by atoms with Gasteiger partial charge in [-0.3, -0.25) is 0 Å². The molecule has 1 aliphatic rings. The normalized spacial score (nSPS) is 17.2. The van der Waals surface area contributed by atoms with Crippen LogP contribution in [-0.4, -0.2) is 6.61 Å². The third-order valence-electron chi connectivity index (χ3n) is 3.38. The Morgan fingerprint density at radius 3 is 2.95 bits per heavy atom. The van der Waals surface area contributed by atoms with Crippen molar-refractivity contribution in [3.05, 3.63) is 51.3 Å². The number of hydrogen-bond acceptors (Lipinski definition) is 3. The molecule has 0 saturated carbocycles. The molecular formula is C15H14FIN2O. The van der Waals surface area contributed by atoms with Crippen LogP contribution in [0.1, 0.15) is 18.0 Å². The molecule has 1 atom stereocenters. The quantitative estimate of drug-likeness (QED) is 0.609. The van der Waals surface area contributed by atoms with E-state index < -0.39 is 0 Å². The van der Waals surface area contributed by atoms with Crippen LogP contribution in [0, 0.1) is 9.39 Å². The van der Waals surface area contributed by atoms with Gasteiger partial charge >= 0.3 is 0 Å². The van der Waals surface area contributed by atoms with Crippen molar-refractivity contribution in [2.24, 2.45) is 0 Å². The van der Waals surface area contributed by atoms with Gasteiger partial charge in [0.15, 0.2) is 0 Å². The van der Waals surface area contributed by atoms with Crippen LogP contribution in [0.15, 0.2) is 36.4 Å². The second-order valence-electron chi connectivity index (χ2n) is 4.73. The molecule has 3 N–H and O–H groups in total. The summed E-state index contributed by atoms with van der Waals surface area (Å²) in [5.41, 5.74) is 8.23. The number of halogens is 2. The van der Waals surface area contributed by atoms with E-state index in [1.54, 1.807) is 6.07 Å². The molecule has 0 aliphatic carbocycles. The predicted molar refractivity (Wildman–Crippen MR) is 86.4 cm³/mol. The van der Waals surface area contributed by atoms with Crippen molar-refractivity contribution in [3.8, 4) is 5.75 Å². The summed E-state index contributed by atoms with van der Waals surface area (Å²) in [7, 11) is 0. The minimum Gasteiger partial charge on any atom is -0.493 e. The summed E-state index contributed by atoms with van der Waals surface area (Å²) in [5, 5.41) is 3.33. The average Bonchev–Trinajstić information content (AvgIpc) is 2.45. The molecule has 104 valence electrons. The zero-order valence-corrected chi connectivity index (χ0v) is 12.9. The van der Waals surface area contributed by atoms with Gasteiger partial charge in [0.1, 0.15) is 11.6 Å². The highest BCUT2D eigenvalue weighted by atomic mass is 127. The molecule has 20 heavy (non-hydrogen) atoms. The largest absolute Gasteiger partial charge is 0.493 e. The van der Waals surface area contributed by atoms with E-state index in [1.807, 2.05) is 46.9 Å². The van der Waals surface area contributed by atoms with Crippen molar-refractivity contribution >= 4 is 34.0 Å². The highest BCUT2D eigenvalue weighted by molar-refractivity contribution is 14.1. The number of ether oxygens (including phenoxy) is 1. The van der Waals surface area contributed by atoms with E-state index in [0.717, 1.165) is 17.7 Å². The minimum absolute atomic E-state index is 0.0849. The molecule has 2 aromatic carbocycles. The molecular weight excluding hydrogens is 370 g/mol. The number of rotatable bonds is 2. The number of fused-ring (bicyclic) bond motifs is 1. The van der Waals surface area contributed by atoms with E-state index in [2.05, 4.69) is 5.32 Å². The van der Waals surface area contributed by atoms with Gasteiger partial charge in [-0.15, -0.1) is 0 Å². The van der Waals surface area contributed by atoms with Crippen molar-refractivity contribution in [3.63, 3.8) is 0 Å². The van der Waals surface area contributed by atoms with Gasteiger partial charge in [0.25, 0.3) is 0 Å². The molecule has 0 saturated heterocycles. The first-order valence-electron chi connectivity index (χ1n) is 6.38. The van der Waals surface area contributed by atoms with Crippen molar-refractivity contribution in [2.75, 3.05) is 17.7 Å². The van der Waals surface area contributed by atoms with Gasteiger partial charge in [-0.25, -0.2) is 4.39 Å². The standard InChI is InChI=1S/C15H14FIN2O/c16-10-7-14(12(18)8-11(10)17)19-13-5-6-20-15-4-2-1-3-9(13)15/h1-4,7-8,13,19H,5-6,18H2. The average molecular weight is 384 g/mol. The zero-order chi connectivity index (χ0) is 14.1. The van der Waals surface area contributed by atoms with Gasteiger partial charge in [-0.2, -0.15) is 0 Å². The molecule has 0 radical (unpaired) electrons. The highest BCUT2D eigenvalue weighted by Crippen LogP contribution is 2.35. The topological polar surface area (TPSA) is 47.3 Å². The lowest BCUT2D eigenvalue weighted by molar-refractivity contribution is 0.274. The van der Waals surface area contributed by atoms with Gasteiger partial charge in [-0.05, 0) is 34.7 Å². The number of nitrogen functional groups attached to an aromatic ring is 1. The summed E-state index contributed by atoms with van der Waals surface area (Å²) < 4.78 is 19.8. The lowest BCUT2D eigenvalue weighted by Gasteiger charge is -2.28. The molecule has 0 aromatic heterocycles. The van der Waals surface area contributed by atoms with Crippen molar-refractivity contribution < 1.29 is 9.13 Å².